The van der Waals surface area contributed by atoms with Crippen molar-refractivity contribution in [2.45, 2.75) is 518 Å². The Morgan fingerprint density at radius 1 is 0.283 bits per heavy atom. The molecule has 1 rings (SSSR count). The van der Waals surface area contributed by atoms with Crippen LogP contribution in [0.4, 0.5) is 70.2 Å². The molecule has 0 nitrogen and oxygen atoms in total. The second-order valence-corrected chi connectivity index (χ2v) is 44.1. The van der Waals surface area contributed by atoms with Crippen molar-refractivity contribution in [1.29, 1.82) is 0 Å². The summed E-state index contributed by atoms with van der Waals surface area (Å²) >= 11 is 0. The van der Waals surface area contributed by atoms with Crippen LogP contribution in [0.3, 0.4) is 0 Å². The first kappa shape index (κ1) is 135. The summed E-state index contributed by atoms with van der Waals surface area (Å²) in [4.78, 5) is 0. The molecule has 2 unspecified atom stereocenters. The molecule has 1 aliphatic rings. The minimum absolute atomic E-state index is 0.0478. The summed E-state index contributed by atoms with van der Waals surface area (Å²) in [7, 11) is 0. The first-order valence-electron chi connectivity index (χ1n) is 44.2. The molecule has 0 spiro atoms. The number of rotatable bonds is 19. The highest BCUT2D eigenvalue weighted by Crippen LogP contribution is 2.52. The fraction of sp³-hybridized carbons (Fsp3) is 1.00. The first-order valence-corrected chi connectivity index (χ1v) is 44.2. The minimum Gasteiger partial charge on any atom is -0.244 e. The molecule has 0 aromatic heterocycles. The van der Waals surface area contributed by atoms with Crippen LogP contribution in [0.2, 0.25) is 0 Å². The molecule has 0 N–H and O–H groups in total. The van der Waals surface area contributed by atoms with E-state index in [9.17, 15) is 70.2 Å². The summed E-state index contributed by atoms with van der Waals surface area (Å²) in [5, 5.41) is 0. The Balaban J connectivity index is -0.000000113. The van der Waals surface area contributed by atoms with Crippen molar-refractivity contribution < 1.29 is 70.2 Å². The molecule has 1 aliphatic carbocycles. The number of alkyl halides is 16. The number of halogens is 16. The second kappa shape index (κ2) is 56.5. The van der Waals surface area contributed by atoms with Crippen LogP contribution >= 0.6 is 0 Å². The van der Waals surface area contributed by atoms with Gasteiger partial charge in [-0.05, 0) is 162 Å². The van der Waals surface area contributed by atoms with E-state index in [1.165, 1.54) is 86.5 Å². The van der Waals surface area contributed by atoms with Crippen molar-refractivity contribution >= 4 is 0 Å². The molecule has 1 saturated carbocycles. The quantitative estimate of drug-likeness (QED) is 0.113. The van der Waals surface area contributed by atoms with Crippen LogP contribution < -0.4 is 0 Å². The average molecular weight is 1670 g/mol. The maximum Gasteiger partial charge on any atom is 0.394 e. The highest BCUT2D eigenvalue weighted by Gasteiger charge is 2.55. The van der Waals surface area contributed by atoms with Gasteiger partial charge < -0.3 is 0 Å². The SMILES string of the molecule is CC(C)(C)C.CC(C)C(C(C)C)C(C)(C)C(F)(F)F.CC(C)C(C)(C)C.CC1(C)CCC(C)(F)CC1.CCC(C)(C)C.CCC(C)(CC)C(C)(C)C.CCC(C)(CC)C(F)(F)F.CCC(CC)C(C)(C)C.CCC(CC)C(C)(CC)C(F)(F)F.CCCC(C)(C)C.CCCC(C)(CC)C(F)(F)F.CC[C@@](C)(C(C)C)C(F)(F)F. The van der Waals surface area contributed by atoms with Gasteiger partial charge in [-0.3, -0.25) is 0 Å². The molecule has 3 atom stereocenters. The average Bonchev–Trinajstić information content (AvgIpc) is 0.804. The van der Waals surface area contributed by atoms with Gasteiger partial charge in [-0.15, -0.1) is 0 Å². The van der Waals surface area contributed by atoms with Gasteiger partial charge in [0, 0.05) is 0 Å². The number of hydrogen-bond donors (Lipinski definition) is 0. The van der Waals surface area contributed by atoms with E-state index in [1.807, 2.05) is 41.5 Å². The van der Waals surface area contributed by atoms with Gasteiger partial charge in [0.2, 0.25) is 0 Å². The smallest absolute Gasteiger partial charge is 0.244 e. The van der Waals surface area contributed by atoms with Crippen LogP contribution in [-0.2, 0) is 0 Å². The zero-order valence-electron chi connectivity index (χ0n) is 84.7. The van der Waals surface area contributed by atoms with E-state index in [1.54, 1.807) is 62.3 Å². The summed E-state index contributed by atoms with van der Waals surface area (Å²) in [5.74, 6) is 0.857. The Bertz CT molecular complexity index is 2110. The van der Waals surface area contributed by atoms with Crippen molar-refractivity contribution in [3.05, 3.63) is 0 Å². The fourth-order valence-electron chi connectivity index (χ4n) is 12.2. The van der Waals surface area contributed by atoms with E-state index in [0.29, 0.717) is 62.6 Å². The van der Waals surface area contributed by atoms with Gasteiger partial charge in [0.15, 0.2) is 0 Å². The van der Waals surface area contributed by atoms with E-state index < -0.39 is 63.6 Å². The lowest BCUT2D eigenvalue weighted by Gasteiger charge is -2.41. The molecule has 1 fully saturated rings. The van der Waals surface area contributed by atoms with E-state index in [0.717, 1.165) is 37.5 Å². The summed E-state index contributed by atoms with van der Waals surface area (Å²) < 4.78 is 200. The Kier molecular flexibility index (Phi) is 67.6. The summed E-state index contributed by atoms with van der Waals surface area (Å²) in [5.41, 5.74) is -4.46. The third-order valence-electron chi connectivity index (χ3n) is 25.5. The number of hydrogen-bond acceptors (Lipinski definition) is 0. The van der Waals surface area contributed by atoms with Crippen LogP contribution in [0.15, 0.2) is 0 Å². The highest BCUT2D eigenvalue weighted by atomic mass is 19.4. The van der Waals surface area contributed by atoms with Gasteiger partial charge >= 0.3 is 30.9 Å². The normalized spacial score (nSPS) is 16.2. The van der Waals surface area contributed by atoms with Crippen molar-refractivity contribution in [2.24, 2.45) is 112 Å². The molecular formula is C97H200F16. The van der Waals surface area contributed by atoms with Crippen molar-refractivity contribution in [1.82, 2.24) is 0 Å². The van der Waals surface area contributed by atoms with Gasteiger partial charge in [-0.1, -0.05) is 404 Å². The Morgan fingerprint density at radius 3 is 0.593 bits per heavy atom. The molecule has 0 aromatic rings. The molecule has 0 bridgehead atoms. The summed E-state index contributed by atoms with van der Waals surface area (Å²) in [6.07, 6.45) is -4.82. The Morgan fingerprint density at radius 2 is 0.540 bits per heavy atom. The molecular weight excluding hydrogens is 1470 g/mol. The maximum atomic E-state index is 13.2. The second-order valence-electron chi connectivity index (χ2n) is 44.1. The zero-order valence-corrected chi connectivity index (χ0v) is 84.7. The van der Waals surface area contributed by atoms with E-state index >= 15 is 0 Å². The van der Waals surface area contributed by atoms with Gasteiger partial charge in [0.05, 0.1) is 27.1 Å². The van der Waals surface area contributed by atoms with Crippen LogP contribution in [-0.4, -0.2) is 36.6 Å². The van der Waals surface area contributed by atoms with Gasteiger partial charge in [0.25, 0.3) is 0 Å². The van der Waals surface area contributed by atoms with Crippen LogP contribution in [0.5, 0.6) is 0 Å². The summed E-state index contributed by atoms with van der Waals surface area (Å²) in [6.45, 7) is 101. The predicted molar refractivity (Wildman–Crippen MR) is 472 cm³/mol. The fourth-order valence-corrected chi connectivity index (χ4v) is 12.2. The van der Waals surface area contributed by atoms with Crippen molar-refractivity contribution in [3.8, 4) is 0 Å². The highest BCUT2D eigenvalue weighted by molar-refractivity contribution is 4.91. The van der Waals surface area contributed by atoms with E-state index in [-0.39, 0.29) is 68.1 Å². The Hall–Kier alpha value is -1.12. The topological polar surface area (TPSA) is 0 Å². The molecule has 16 heteroatoms. The third-order valence-corrected chi connectivity index (χ3v) is 25.5. The van der Waals surface area contributed by atoms with Crippen LogP contribution in [0.25, 0.3) is 0 Å². The lowest BCUT2D eigenvalue weighted by atomic mass is 9.65. The van der Waals surface area contributed by atoms with E-state index in [4.69, 9.17) is 0 Å². The Labute approximate surface area is 696 Å². The zero-order chi connectivity index (χ0) is 94.7. The molecule has 0 amide bonds. The third kappa shape index (κ3) is 62.6. The monoisotopic (exact) mass is 1670 g/mol. The molecule has 0 heterocycles. The standard InChI is InChI=1S/C11H21F3.C10H19F3.C10H22.C9H17F.C9H20.2C8H15F3.C7H13F3.2C7H16.C6H14.C5H12/c1-7(2)9(8(3)4)10(5,6)11(12,13)14;1-5-8(6-2)9(4,7-3)10(11,12)13;1-7-10(6,8-2)9(3,4)5;1-8(2)4-6-9(3,10)7-5-8;1-6-8(7-2)9(3,4)5;1-5-7(4,6(2)3)8(9,10)11;1-4-6-7(3,5-2)8(9,10)11;1-4-6(3,5-2)7(8,9)10;1-6(2)7(3,4)5;1-5-6-7(2,3)4;1-5-6(2,3)4;1-5(2,3)4/h7-9H,1-6H3;8H,5-7H2,1-4H3;7-8H2,1-6H3;4-7H2,1-3H3;8H,6-7H2,1-5H3;6H,5H2,1-4H3;4-6H2,1-3H3;4-5H2,1-3H3;6H,1-5H3;5-6H2,1-4H3;5H2,1-4H3;1-4H3/t;;;;;7-;;;;;;/m.....0....../s1. The molecule has 0 aromatic carbocycles. The molecule has 0 aliphatic heterocycles. The van der Waals surface area contributed by atoms with Gasteiger partial charge in [0.1, 0.15) is 5.67 Å². The van der Waals surface area contributed by atoms with Crippen LogP contribution in [0, 0.1) is 112 Å². The summed E-state index contributed by atoms with van der Waals surface area (Å²) in [6, 6.07) is 0. The lowest BCUT2D eigenvalue weighted by Crippen LogP contribution is -2.43. The van der Waals surface area contributed by atoms with E-state index in [2.05, 4.69) is 208 Å². The molecule has 0 saturated heterocycles. The van der Waals surface area contributed by atoms with Crippen molar-refractivity contribution in [3.63, 3.8) is 0 Å². The molecule has 0 radical (unpaired) electrons. The first-order chi connectivity index (χ1) is 49.2. The maximum absolute atomic E-state index is 13.2. The minimum atomic E-state index is -4.12. The lowest BCUT2D eigenvalue weighted by molar-refractivity contribution is -0.240. The predicted octanol–water partition coefficient (Wildman–Crippen LogP) is 40.3. The molecule has 700 valence electrons. The van der Waals surface area contributed by atoms with Gasteiger partial charge in [-0.25, -0.2) is 4.39 Å². The van der Waals surface area contributed by atoms with Gasteiger partial charge in [-0.2, -0.15) is 65.9 Å². The molecule has 113 heavy (non-hydrogen) atoms. The van der Waals surface area contributed by atoms with Crippen molar-refractivity contribution in [2.75, 3.05) is 0 Å². The largest absolute Gasteiger partial charge is 0.394 e. The van der Waals surface area contributed by atoms with Crippen LogP contribution in [0.1, 0.15) is 482 Å².